The lowest BCUT2D eigenvalue weighted by molar-refractivity contribution is -0.141. The van der Waals surface area contributed by atoms with Gasteiger partial charge in [-0.1, -0.05) is 6.07 Å². The Morgan fingerprint density at radius 1 is 1.37 bits per heavy atom. The lowest BCUT2D eigenvalue weighted by Gasteiger charge is -2.15. The number of alkyl halides is 3. The summed E-state index contributed by atoms with van der Waals surface area (Å²) in [4.78, 5) is 9.82. The van der Waals surface area contributed by atoms with E-state index in [1.165, 1.54) is 6.07 Å². The van der Waals surface area contributed by atoms with Crippen LogP contribution in [0.15, 0.2) is 23.2 Å². The number of rotatable bonds is 3. The average molecular weight is 272 g/mol. The van der Waals surface area contributed by atoms with Crippen LogP contribution in [-0.4, -0.2) is 42.5 Å². The molecule has 0 saturated carbocycles. The lowest BCUT2D eigenvalue weighted by Crippen LogP contribution is -2.36. The predicted molar refractivity (Wildman–Crippen MR) is 65.9 cm³/mol. The fourth-order valence-electron chi connectivity index (χ4n) is 1.80. The van der Waals surface area contributed by atoms with Gasteiger partial charge in [0.15, 0.2) is 5.96 Å². The van der Waals surface area contributed by atoms with E-state index in [1.54, 1.807) is 6.07 Å². The third-order valence-corrected chi connectivity index (χ3v) is 2.82. The Bertz CT molecular complexity index is 470. The van der Waals surface area contributed by atoms with Crippen molar-refractivity contribution in [2.75, 3.05) is 26.7 Å². The molecular formula is C12H15F3N4. The number of pyridine rings is 1. The molecule has 1 aliphatic rings. The minimum atomic E-state index is -4.39. The second kappa shape index (κ2) is 5.46. The number of nitrogens with one attached hydrogen (secondary N) is 1. The van der Waals surface area contributed by atoms with E-state index in [-0.39, 0.29) is 0 Å². The zero-order valence-corrected chi connectivity index (χ0v) is 10.5. The Morgan fingerprint density at radius 2 is 2.16 bits per heavy atom. The van der Waals surface area contributed by atoms with Gasteiger partial charge in [0.25, 0.3) is 0 Å². The van der Waals surface area contributed by atoms with Crippen LogP contribution in [0.4, 0.5) is 13.2 Å². The van der Waals surface area contributed by atoms with Crippen molar-refractivity contribution in [1.82, 2.24) is 15.2 Å². The van der Waals surface area contributed by atoms with E-state index < -0.39 is 11.9 Å². The molecular weight excluding hydrogens is 257 g/mol. The quantitative estimate of drug-likeness (QED) is 0.907. The highest BCUT2D eigenvalue weighted by molar-refractivity contribution is 5.81. The molecule has 4 nitrogen and oxygen atoms in total. The normalized spacial score (nSPS) is 15.6. The fraction of sp³-hybridized carbons (Fsp3) is 0.500. The fourth-order valence-corrected chi connectivity index (χ4v) is 1.80. The summed E-state index contributed by atoms with van der Waals surface area (Å²) in [6.45, 7) is 2.13. The second-order valence-electron chi connectivity index (χ2n) is 4.32. The van der Waals surface area contributed by atoms with Gasteiger partial charge in [-0.2, -0.15) is 13.2 Å². The van der Waals surface area contributed by atoms with Crippen molar-refractivity contribution >= 4 is 5.96 Å². The molecule has 0 unspecified atom stereocenters. The van der Waals surface area contributed by atoms with E-state index in [9.17, 15) is 13.2 Å². The molecule has 104 valence electrons. The Labute approximate surface area is 109 Å². The summed E-state index contributed by atoms with van der Waals surface area (Å²) >= 11 is 0. The molecule has 0 aliphatic carbocycles. The molecule has 1 aliphatic heterocycles. The third-order valence-electron chi connectivity index (χ3n) is 2.82. The molecule has 0 radical (unpaired) electrons. The number of likely N-dealkylation sites (N-methyl/N-ethyl adjacent to an activating group) is 1. The monoisotopic (exact) mass is 272 g/mol. The minimum Gasteiger partial charge on any atom is -0.356 e. The summed E-state index contributed by atoms with van der Waals surface area (Å²) in [7, 11) is 1.92. The van der Waals surface area contributed by atoms with E-state index >= 15 is 0 Å². The maximum absolute atomic E-state index is 12.5. The van der Waals surface area contributed by atoms with Crippen molar-refractivity contribution in [3.63, 3.8) is 0 Å². The number of aromatic nitrogens is 1. The van der Waals surface area contributed by atoms with E-state index in [0.717, 1.165) is 25.1 Å². The van der Waals surface area contributed by atoms with E-state index in [4.69, 9.17) is 0 Å². The van der Waals surface area contributed by atoms with Crippen LogP contribution in [0.1, 0.15) is 11.4 Å². The number of hydrogen-bond donors (Lipinski definition) is 1. The molecule has 1 aromatic heterocycles. The number of nitrogens with zero attached hydrogens (tertiary/aromatic N) is 3. The number of guanidine groups is 1. The van der Waals surface area contributed by atoms with Crippen LogP contribution in [0.25, 0.3) is 0 Å². The zero-order chi connectivity index (χ0) is 13.9. The molecule has 0 saturated heterocycles. The highest BCUT2D eigenvalue weighted by Gasteiger charge is 2.32. The minimum absolute atomic E-state index is 0.420. The molecule has 1 aromatic rings. The van der Waals surface area contributed by atoms with Gasteiger partial charge in [0.2, 0.25) is 0 Å². The first-order valence-corrected chi connectivity index (χ1v) is 5.99. The lowest BCUT2D eigenvalue weighted by atomic mass is 10.2. The maximum Gasteiger partial charge on any atom is 0.433 e. The molecule has 1 N–H and O–H groups in total. The molecule has 0 amide bonds. The maximum atomic E-state index is 12.5. The summed E-state index contributed by atoms with van der Waals surface area (Å²) in [5.74, 6) is 0.784. The first-order chi connectivity index (χ1) is 8.97. The molecule has 2 rings (SSSR count). The molecule has 0 atom stereocenters. The topological polar surface area (TPSA) is 40.5 Å². The summed E-state index contributed by atoms with van der Waals surface area (Å²) in [6.07, 6.45) is -3.96. The zero-order valence-electron chi connectivity index (χ0n) is 10.5. The number of halogens is 3. The van der Waals surface area contributed by atoms with Crippen LogP contribution in [0.5, 0.6) is 0 Å². The van der Waals surface area contributed by atoms with Gasteiger partial charge in [-0.05, 0) is 12.1 Å². The molecule has 0 spiro atoms. The summed E-state index contributed by atoms with van der Waals surface area (Å²) in [5.41, 5.74) is -0.427. The van der Waals surface area contributed by atoms with Gasteiger partial charge in [0.05, 0.1) is 6.54 Å². The van der Waals surface area contributed by atoms with Gasteiger partial charge in [-0.15, -0.1) is 0 Å². The van der Waals surface area contributed by atoms with Crippen molar-refractivity contribution in [3.05, 3.63) is 29.6 Å². The van der Waals surface area contributed by atoms with Gasteiger partial charge >= 0.3 is 6.18 Å². The second-order valence-corrected chi connectivity index (χ2v) is 4.32. The van der Waals surface area contributed by atoms with Crippen LogP contribution in [0, 0.1) is 0 Å². The van der Waals surface area contributed by atoms with E-state index in [2.05, 4.69) is 15.3 Å². The molecule has 0 fully saturated rings. The average Bonchev–Trinajstić information content (AvgIpc) is 2.75. The Kier molecular flexibility index (Phi) is 3.92. The smallest absolute Gasteiger partial charge is 0.356 e. The van der Waals surface area contributed by atoms with Gasteiger partial charge in [-0.3, -0.25) is 4.99 Å². The number of hydrogen-bond acceptors (Lipinski definition) is 4. The van der Waals surface area contributed by atoms with Crippen molar-refractivity contribution in [1.29, 1.82) is 0 Å². The molecule has 7 heteroatoms. The third kappa shape index (κ3) is 3.59. The largest absolute Gasteiger partial charge is 0.433 e. The molecule has 19 heavy (non-hydrogen) atoms. The summed E-state index contributed by atoms with van der Waals surface area (Å²) < 4.78 is 37.4. The van der Waals surface area contributed by atoms with Crippen LogP contribution in [0.2, 0.25) is 0 Å². The van der Waals surface area contributed by atoms with E-state index in [1.807, 2.05) is 11.9 Å². The Hall–Kier alpha value is -1.79. The van der Waals surface area contributed by atoms with Crippen LogP contribution in [-0.2, 0) is 12.6 Å². The predicted octanol–water partition coefficient (Wildman–Crippen LogP) is 1.53. The first kappa shape index (κ1) is 13.6. The van der Waals surface area contributed by atoms with Crippen molar-refractivity contribution in [3.8, 4) is 0 Å². The van der Waals surface area contributed by atoms with Crippen molar-refractivity contribution in [2.45, 2.75) is 12.6 Å². The Balaban J connectivity index is 1.90. The number of aliphatic imine (C=N–C) groups is 1. The molecule has 2 heterocycles. The Morgan fingerprint density at radius 3 is 2.79 bits per heavy atom. The highest BCUT2D eigenvalue weighted by Crippen LogP contribution is 2.27. The summed E-state index contributed by atoms with van der Waals surface area (Å²) in [5, 5.41) is 3.09. The van der Waals surface area contributed by atoms with Crippen LogP contribution >= 0.6 is 0 Å². The molecule has 0 bridgehead atoms. The van der Waals surface area contributed by atoms with Crippen molar-refractivity contribution < 1.29 is 13.2 Å². The van der Waals surface area contributed by atoms with Gasteiger partial charge in [0.1, 0.15) is 5.69 Å². The first-order valence-electron chi connectivity index (χ1n) is 5.99. The van der Waals surface area contributed by atoms with Gasteiger partial charge < -0.3 is 10.2 Å². The standard InChI is InChI=1S/C12H15F3N4/c1-19-8-7-17-11(19)16-6-5-9-3-2-4-10(18-9)12(13,14)15/h2-4H,5-8H2,1H3,(H,16,17). The highest BCUT2D eigenvalue weighted by atomic mass is 19.4. The SMILES string of the molecule is CN1CCN=C1NCCc1cccc(C(F)(F)F)n1. The molecule has 0 aromatic carbocycles. The van der Waals surface area contributed by atoms with Crippen molar-refractivity contribution in [2.24, 2.45) is 4.99 Å². The van der Waals surface area contributed by atoms with Gasteiger partial charge in [-0.25, -0.2) is 4.98 Å². The van der Waals surface area contributed by atoms with E-state index in [0.29, 0.717) is 18.7 Å². The van der Waals surface area contributed by atoms with Crippen LogP contribution < -0.4 is 5.32 Å². The summed E-state index contributed by atoms with van der Waals surface area (Å²) in [6, 6.07) is 3.95. The van der Waals surface area contributed by atoms with Gasteiger partial charge in [0, 0.05) is 32.3 Å². The van der Waals surface area contributed by atoms with Crippen LogP contribution in [0.3, 0.4) is 0 Å².